The van der Waals surface area contributed by atoms with Gasteiger partial charge in [-0.05, 0) is 220 Å². The predicted octanol–water partition coefficient (Wildman–Crippen LogP) is 23.5. The van der Waals surface area contributed by atoms with Gasteiger partial charge in [0.2, 0.25) is 0 Å². The summed E-state index contributed by atoms with van der Waals surface area (Å²) in [6.07, 6.45) is 0. The van der Waals surface area contributed by atoms with Gasteiger partial charge in [-0.3, -0.25) is 0 Å². The van der Waals surface area contributed by atoms with Crippen LogP contribution >= 0.6 is 38.6 Å². The standard InChI is InChI=1S/C42H36B2NOS.C24H32B2O4.C24H16BrNS/c1-41(2)42(3,4)46-44(43-41)32-25-30(29-16-8-5-9-17-29)24-31(26-32)37-27-35(28-38-36-22-14-15-23-39(36)47-40(37)38)45(33-18-10-6-11-19-33)34-20-12-7-13-21-34;1-21(2)22(3,4)28-25(27-21)19-14-18(17-12-10-9-11-13-17)15-20(16-19)26-29-23(5,6)24(7,8)30-26;25-22-16-19(15-21-20-13-7-8-14-23(20)27-24(21)22)26(17-9-3-1-4-10-17)18-11-5-2-6-12-18/h5-28H,1-4H3;9-16H,1-8H3;1-16H. The van der Waals surface area contributed by atoms with Crippen LogP contribution in [0.15, 0.2) is 296 Å². The van der Waals surface area contributed by atoms with Gasteiger partial charge in [-0.2, -0.15) is 0 Å². The molecule has 0 unspecified atom stereocenters. The Hall–Kier alpha value is -8.78. The molecule has 0 aliphatic carbocycles. The Bertz CT molecular complexity index is 5230. The lowest BCUT2D eigenvalue weighted by atomic mass is 9.23. The van der Waals surface area contributed by atoms with Gasteiger partial charge in [0.1, 0.15) is 7.17 Å². The third kappa shape index (κ3) is 14.0. The smallest absolute Gasteiger partial charge is 0.435 e. The first kappa shape index (κ1) is 70.9. The molecule has 5 heterocycles. The average Bonchev–Trinajstić information content (AvgIpc) is 1.53. The van der Waals surface area contributed by atoms with E-state index >= 15 is 0 Å². The van der Waals surface area contributed by atoms with E-state index < -0.39 is 36.6 Å². The number of hydrogen-bond acceptors (Lipinski definition) is 9. The van der Waals surface area contributed by atoms with Crippen LogP contribution in [0, 0.1) is 0 Å². The normalized spacial score (nSPS) is 16.6. The maximum absolute atomic E-state index is 6.78. The van der Waals surface area contributed by atoms with Crippen molar-refractivity contribution in [3.05, 3.63) is 296 Å². The Morgan fingerprint density at radius 1 is 0.298 bits per heavy atom. The highest BCUT2D eigenvalue weighted by atomic mass is 79.9. The van der Waals surface area contributed by atoms with Crippen molar-refractivity contribution in [2.45, 2.75) is 116 Å². The summed E-state index contributed by atoms with van der Waals surface area (Å²) in [6.45, 7) is 25.4. The molecule has 14 heteroatoms. The van der Waals surface area contributed by atoms with Crippen molar-refractivity contribution < 1.29 is 23.3 Å². The summed E-state index contributed by atoms with van der Waals surface area (Å²) in [6, 6.07) is 104. The molecule has 17 rings (SSSR count). The minimum Gasteiger partial charge on any atom is -0.435 e. The van der Waals surface area contributed by atoms with Gasteiger partial charge in [0.05, 0.1) is 22.4 Å². The zero-order valence-corrected chi connectivity index (χ0v) is 64.4. The van der Waals surface area contributed by atoms with Gasteiger partial charge in [-0.1, -0.05) is 220 Å². The fraction of sp³-hybridized carbons (Fsp3) is 0.200. The number of halogens is 1. The van der Waals surface area contributed by atoms with Crippen LogP contribution < -0.4 is 26.2 Å². The van der Waals surface area contributed by atoms with E-state index in [9.17, 15) is 0 Å². The molecule has 1 radical (unpaired) electrons. The molecule has 12 aromatic carbocycles. The molecule has 0 N–H and O–H groups in total. The summed E-state index contributed by atoms with van der Waals surface area (Å²) in [5, 5.41) is 5.09. The molecule has 2 aromatic heterocycles. The van der Waals surface area contributed by atoms with E-state index in [0.717, 1.165) is 60.6 Å². The van der Waals surface area contributed by atoms with Crippen LogP contribution in [0.25, 0.3) is 73.7 Å². The summed E-state index contributed by atoms with van der Waals surface area (Å²) in [4.78, 5) is 4.67. The van der Waals surface area contributed by atoms with Gasteiger partial charge in [-0.15, -0.1) is 22.7 Å². The number of benzene rings is 12. The molecular weight excluding hydrogens is 1380 g/mol. The largest absolute Gasteiger partial charge is 0.494 e. The minimum absolute atomic E-state index is 0.0644. The number of thiophene rings is 2. The predicted molar refractivity (Wildman–Crippen MR) is 450 cm³/mol. The first-order valence-corrected chi connectivity index (χ1v) is 38.4. The first-order chi connectivity index (χ1) is 49.9. The van der Waals surface area contributed by atoms with Crippen LogP contribution in [0.3, 0.4) is 0 Å². The molecule has 3 aliphatic rings. The quantitative estimate of drug-likeness (QED) is 0.113. The number of anilines is 6. The second-order valence-corrected chi connectivity index (χ2v) is 33.4. The van der Waals surface area contributed by atoms with E-state index in [-0.39, 0.29) is 17.7 Å². The van der Waals surface area contributed by atoms with E-state index in [0.29, 0.717) is 0 Å². The molecule has 104 heavy (non-hydrogen) atoms. The molecule has 3 aliphatic heterocycles. The second kappa shape index (κ2) is 28.3. The second-order valence-electron chi connectivity index (χ2n) is 30.5. The lowest BCUT2D eigenvalue weighted by molar-refractivity contribution is 0.00578. The fourth-order valence-corrected chi connectivity index (χ4v) is 17.0. The van der Waals surface area contributed by atoms with Crippen LogP contribution in [-0.4, -0.2) is 56.2 Å². The molecule has 14 aromatic rings. The summed E-state index contributed by atoms with van der Waals surface area (Å²) >= 11 is 7.53. The SMILES string of the molecule is Brc1cc(N(c2ccccc2)c2ccccc2)cc2c1sc1ccccc12.CC1(C)OB(c2cc(B3OC(C)(C)C(C)(C)O3)cc(-c3ccccc3)c2)OC1(C)C.CC1(C)[B]B(c2cc(-c3ccccc3)cc(-c3cc(N(c4ccccc4)c4ccccc4)cc4c3sc3ccccc34)c2)OC1(C)C. The van der Waals surface area contributed by atoms with Gasteiger partial charge in [0.25, 0.3) is 6.81 Å². The molecular formula is C90H84B4BrN2O5S2. The molecule has 7 nitrogen and oxygen atoms in total. The molecule has 0 atom stereocenters. The first-order valence-electron chi connectivity index (χ1n) is 35.9. The van der Waals surface area contributed by atoms with E-state index in [1.54, 1.807) is 0 Å². The number of fused-ring (bicyclic) bond motifs is 6. The fourth-order valence-electron chi connectivity index (χ4n) is 14.0. The Morgan fingerprint density at radius 2 is 0.644 bits per heavy atom. The van der Waals surface area contributed by atoms with Crippen LogP contribution in [0.2, 0.25) is 5.31 Å². The topological polar surface area (TPSA) is 52.6 Å². The monoisotopic (exact) mass is 1460 g/mol. The molecule has 0 amide bonds. The number of nitrogens with zero attached hydrogens (tertiary/aromatic N) is 2. The molecule has 3 saturated heterocycles. The van der Waals surface area contributed by atoms with Crippen molar-refractivity contribution in [1.82, 2.24) is 0 Å². The summed E-state index contributed by atoms with van der Waals surface area (Å²) in [5.74, 6) is 0. The highest BCUT2D eigenvalue weighted by Gasteiger charge is 2.55. The van der Waals surface area contributed by atoms with E-state index in [2.05, 4.69) is 389 Å². The molecule has 0 saturated carbocycles. The van der Waals surface area contributed by atoms with Gasteiger partial charge in [0.15, 0.2) is 0 Å². The van der Waals surface area contributed by atoms with Crippen LogP contribution in [-0.2, 0) is 23.3 Å². The Morgan fingerprint density at radius 3 is 1.06 bits per heavy atom. The molecule has 0 spiro atoms. The van der Waals surface area contributed by atoms with Crippen molar-refractivity contribution in [1.29, 1.82) is 0 Å². The van der Waals surface area contributed by atoms with Crippen molar-refractivity contribution in [2.24, 2.45) is 0 Å². The van der Waals surface area contributed by atoms with E-state index in [1.165, 1.54) is 68.1 Å². The third-order valence-electron chi connectivity index (χ3n) is 21.8. The lowest BCUT2D eigenvalue weighted by Gasteiger charge is -2.34. The maximum atomic E-state index is 6.78. The average molecular weight is 1460 g/mol. The van der Waals surface area contributed by atoms with Gasteiger partial charge in [0, 0.05) is 90.1 Å². The number of para-hydroxylation sites is 4. The summed E-state index contributed by atoms with van der Waals surface area (Å²) in [7, 11) is 1.50. The zero-order chi connectivity index (χ0) is 72.3. The van der Waals surface area contributed by atoms with Crippen LogP contribution in [0.4, 0.5) is 34.1 Å². The third-order valence-corrected chi connectivity index (χ3v) is 25.2. The van der Waals surface area contributed by atoms with E-state index in [4.69, 9.17) is 23.3 Å². The highest BCUT2D eigenvalue weighted by molar-refractivity contribution is 9.10. The Balaban J connectivity index is 0.000000132. The summed E-state index contributed by atoms with van der Waals surface area (Å²) in [5.41, 5.74) is 15.1. The van der Waals surface area contributed by atoms with Crippen molar-refractivity contribution in [3.8, 4) is 33.4 Å². The number of rotatable bonds is 12. The van der Waals surface area contributed by atoms with Crippen molar-refractivity contribution in [2.75, 3.05) is 9.80 Å². The van der Waals surface area contributed by atoms with Crippen molar-refractivity contribution in [3.63, 3.8) is 0 Å². The number of hydrogen-bond donors (Lipinski definition) is 0. The Kier molecular flexibility index (Phi) is 19.3. The lowest BCUT2D eigenvalue weighted by Crippen LogP contribution is -2.41. The van der Waals surface area contributed by atoms with Gasteiger partial charge < -0.3 is 33.1 Å². The maximum Gasteiger partial charge on any atom is 0.494 e. The van der Waals surface area contributed by atoms with E-state index in [1.807, 2.05) is 40.9 Å². The van der Waals surface area contributed by atoms with Gasteiger partial charge in [-0.25, -0.2) is 0 Å². The van der Waals surface area contributed by atoms with Crippen LogP contribution in [0.5, 0.6) is 0 Å². The van der Waals surface area contributed by atoms with Crippen LogP contribution in [0.1, 0.15) is 83.1 Å². The van der Waals surface area contributed by atoms with Crippen molar-refractivity contribution >= 4 is 158 Å². The molecule has 515 valence electrons. The Labute approximate surface area is 631 Å². The highest BCUT2D eigenvalue weighted by Crippen LogP contribution is 2.50. The van der Waals surface area contributed by atoms with Gasteiger partial charge >= 0.3 is 14.2 Å². The summed E-state index contributed by atoms with van der Waals surface area (Å²) < 4.78 is 38.5. The minimum atomic E-state index is -0.445. The molecule has 0 bridgehead atoms. The zero-order valence-electron chi connectivity index (χ0n) is 61.2. The molecule has 3 fully saturated rings.